The van der Waals surface area contributed by atoms with Crippen molar-refractivity contribution in [2.75, 3.05) is 6.61 Å². The van der Waals surface area contributed by atoms with Gasteiger partial charge in [0.2, 0.25) is 0 Å². The van der Waals surface area contributed by atoms with E-state index in [0.717, 1.165) is 0 Å². The maximum Gasteiger partial charge on any atom is 0.287 e. The summed E-state index contributed by atoms with van der Waals surface area (Å²) in [6, 6.07) is 7.21. The topological polar surface area (TPSA) is 110 Å². The maximum atomic E-state index is 12.7. The van der Waals surface area contributed by atoms with E-state index >= 15 is 0 Å². The Morgan fingerprint density at radius 2 is 1.88 bits per heavy atom. The van der Waals surface area contributed by atoms with Gasteiger partial charge in [-0.25, -0.2) is 4.39 Å². The number of furan rings is 1. The Balaban J connectivity index is 1.70. The van der Waals surface area contributed by atoms with E-state index in [9.17, 15) is 18.8 Å². The van der Waals surface area contributed by atoms with Crippen LogP contribution in [0.3, 0.4) is 0 Å². The molecule has 25 heavy (non-hydrogen) atoms. The van der Waals surface area contributed by atoms with Gasteiger partial charge in [-0.15, -0.1) is 0 Å². The van der Waals surface area contributed by atoms with E-state index in [2.05, 4.69) is 16.2 Å². The van der Waals surface area contributed by atoms with Gasteiger partial charge in [0, 0.05) is 0 Å². The zero-order chi connectivity index (χ0) is 18.2. The van der Waals surface area contributed by atoms with Crippen molar-refractivity contribution in [1.29, 1.82) is 0 Å². The Hall–Kier alpha value is -3.36. The minimum atomic E-state index is -0.907. The van der Waals surface area contributed by atoms with E-state index in [1.807, 2.05) is 0 Å². The van der Waals surface area contributed by atoms with Crippen LogP contribution in [-0.2, 0) is 9.59 Å². The molecule has 0 aliphatic carbocycles. The third kappa shape index (κ3) is 5.65. The van der Waals surface area contributed by atoms with Crippen LogP contribution >= 0.6 is 0 Å². The van der Waals surface area contributed by atoms with Gasteiger partial charge in [0.15, 0.2) is 12.4 Å². The standard InChI is InChI=1S/C16H16FN3O5/c1-10(18-16(23)13-3-2-8-24-13)15(22)20-19-14(21)9-25-12-6-4-11(17)5-7-12/h2-8,10H,9H2,1H3,(H,18,23)(H,19,21)(H,20,22)/t10-/m0/s1. The Labute approximate surface area is 142 Å². The number of hydrazine groups is 1. The van der Waals surface area contributed by atoms with E-state index < -0.39 is 29.6 Å². The molecule has 0 spiro atoms. The second-order valence-electron chi connectivity index (χ2n) is 4.95. The highest BCUT2D eigenvalue weighted by Crippen LogP contribution is 2.10. The first-order chi connectivity index (χ1) is 12.0. The summed E-state index contributed by atoms with van der Waals surface area (Å²) < 4.78 is 22.8. The van der Waals surface area contributed by atoms with Crippen molar-refractivity contribution in [3.8, 4) is 5.75 Å². The zero-order valence-corrected chi connectivity index (χ0v) is 13.2. The third-order valence-corrected chi connectivity index (χ3v) is 2.99. The van der Waals surface area contributed by atoms with Crippen molar-refractivity contribution >= 4 is 17.7 Å². The summed E-state index contributed by atoms with van der Waals surface area (Å²) in [6.45, 7) is 1.07. The van der Waals surface area contributed by atoms with Crippen LogP contribution in [0.4, 0.5) is 4.39 Å². The molecule has 0 bridgehead atoms. The number of carbonyl (C=O) groups excluding carboxylic acids is 3. The molecule has 0 aliphatic heterocycles. The fourth-order valence-electron chi connectivity index (χ4n) is 1.70. The van der Waals surface area contributed by atoms with Crippen LogP contribution < -0.4 is 20.9 Å². The second kappa shape index (κ2) is 8.48. The molecule has 0 saturated carbocycles. The summed E-state index contributed by atoms with van der Waals surface area (Å²) in [6.07, 6.45) is 1.33. The van der Waals surface area contributed by atoms with Crippen LogP contribution in [0.15, 0.2) is 47.1 Å². The smallest absolute Gasteiger partial charge is 0.287 e. The number of benzene rings is 1. The molecule has 3 N–H and O–H groups in total. The fraction of sp³-hybridized carbons (Fsp3) is 0.188. The molecule has 0 aliphatic rings. The maximum absolute atomic E-state index is 12.7. The molecular weight excluding hydrogens is 333 g/mol. The monoisotopic (exact) mass is 349 g/mol. The number of hydrogen-bond donors (Lipinski definition) is 3. The predicted molar refractivity (Wildman–Crippen MR) is 83.8 cm³/mol. The first kappa shape index (κ1) is 18.0. The lowest BCUT2D eigenvalue weighted by molar-refractivity contribution is -0.130. The van der Waals surface area contributed by atoms with Crippen LogP contribution in [0.2, 0.25) is 0 Å². The van der Waals surface area contributed by atoms with Crippen molar-refractivity contribution in [2.45, 2.75) is 13.0 Å². The molecule has 1 heterocycles. The van der Waals surface area contributed by atoms with Crippen LogP contribution in [0.25, 0.3) is 0 Å². The second-order valence-corrected chi connectivity index (χ2v) is 4.95. The van der Waals surface area contributed by atoms with Gasteiger partial charge < -0.3 is 14.5 Å². The number of nitrogens with one attached hydrogen (secondary N) is 3. The van der Waals surface area contributed by atoms with Crippen molar-refractivity contribution in [3.63, 3.8) is 0 Å². The van der Waals surface area contributed by atoms with E-state index in [4.69, 9.17) is 9.15 Å². The molecule has 1 aromatic heterocycles. The van der Waals surface area contributed by atoms with Crippen LogP contribution in [0.5, 0.6) is 5.75 Å². The molecule has 2 aromatic rings. The first-order valence-electron chi connectivity index (χ1n) is 7.27. The van der Waals surface area contributed by atoms with Gasteiger partial charge in [0.05, 0.1) is 6.26 Å². The molecule has 132 valence electrons. The highest BCUT2D eigenvalue weighted by molar-refractivity contribution is 5.95. The lowest BCUT2D eigenvalue weighted by Crippen LogP contribution is -2.51. The molecular formula is C16H16FN3O5. The van der Waals surface area contributed by atoms with Crippen molar-refractivity contribution < 1.29 is 27.9 Å². The number of hydrogen-bond acceptors (Lipinski definition) is 5. The Bertz CT molecular complexity index is 731. The molecule has 0 fully saturated rings. The molecule has 8 nitrogen and oxygen atoms in total. The quantitative estimate of drug-likeness (QED) is 0.667. The van der Waals surface area contributed by atoms with Gasteiger partial charge in [-0.2, -0.15) is 0 Å². The molecule has 3 amide bonds. The number of amides is 3. The molecule has 1 aromatic carbocycles. The Kier molecular flexibility index (Phi) is 6.10. The zero-order valence-electron chi connectivity index (χ0n) is 13.2. The number of rotatable bonds is 6. The van der Waals surface area contributed by atoms with Crippen molar-refractivity contribution in [2.24, 2.45) is 0 Å². The van der Waals surface area contributed by atoms with Gasteiger partial charge in [0.25, 0.3) is 17.7 Å². The van der Waals surface area contributed by atoms with Crippen LogP contribution in [0.1, 0.15) is 17.5 Å². The summed E-state index contributed by atoms with van der Waals surface area (Å²) in [4.78, 5) is 35.1. The molecule has 2 rings (SSSR count). The largest absolute Gasteiger partial charge is 0.484 e. The minimum Gasteiger partial charge on any atom is -0.484 e. The van der Waals surface area contributed by atoms with E-state index in [0.29, 0.717) is 5.75 Å². The summed E-state index contributed by atoms with van der Waals surface area (Å²) >= 11 is 0. The fourth-order valence-corrected chi connectivity index (χ4v) is 1.70. The summed E-state index contributed by atoms with van der Waals surface area (Å²) in [5.74, 6) is -1.86. The van der Waals surface area contributed by atoms with E-state index in [1.54, 1.807) is 6.07 Å². The average molecular weight is 349 g/mol. The number of halogens is 1. The van der Waals surface area contributed by atoms with Gasteiger partial charge in [-0.3, -0.25) is 25.2 Å². The van der Waals surface area contributed by atoms with Gasteiger partial charge >= 0.3 is 0 Å². The predicted octanol–water partition coefficient (Wildman–Crippen LogP) is 0.763. The van der Waals surface area contributed by atoms with Gasteiger partial charge in [-0.1, -0.05) is 0 Å². The van der Waals surface area contributed by atoms with Crippen molar-refractivity contribution in [1.82, 2.24) is 16.2 Å². The Morgan fingerprint density at radius 3 is 2.52 bits per heavy atom. The lowest BCUT2D eigenvalue weighted by Gasteiger charge is -2.14. The first-order valence-corrected chi connectivity index (χ1v) is 7.27. The van der Waals surface area contributed by atoms with E-state index in [1.165, 1.54) is 43.5 Å². The summed E-state index contributed by atoms with van der Waals surface area (Å²) in [5.41, 5.74) is 4.30. The highest BCUT2D eigenvalue weighted by atomic mass is 19.1. The molecule has 9 heteroatoms. The van der Waals surface area contributed by atoms with Crippen molar-refractivity contribution in [3.05, 3.63) is 54.2 Å². The average Bonchev–Trinajstić information content (AvgIpc) is 3.13. The number of carbonyl (C=O) groups is 3. The molecule has 0 unspecified atom stereocenters. The lowest BCUT2D eigenvalue weighted by atomic mass is 10.3. The minimum absolute atomic E-state index is 0.0661. The molecule has 1 atom stereocenters. The van der Waals surface area contributed by atoms with E-state index in [-0.39, 0.29) is 12.4 Å². The Morgan fingerprint density at radius 1 is 1.16 bits per heavy atom. The van der Waals surface area contributed by atoms with Gasteiger partial charge in [0.1, 0.15) is 17.6 Å². The SMILES string of the molecule is C[C@H](NC(=O)c1ccco1)C(=O)NNC(=O)COc1ccc(F)cc1. The summed E-state index contributed by atoms with van der Waals surface area (Å²) in [5, 5.41) is 2.41. The van der Waals surface area contributed by atoms with Crippen LogP contribution in [-0.4, -0.2) is 30.4 Å². The molecule has 0 saturated heterocycles. The highest BCUT2D eigenvalue weighted by Gasteiger charge is 2.18. The third-order valence-electron chi connectivity index (χ3n) is 2.99. The van der Waals surface area contributed by atoms with Gasteiger partial charge in [-0.05, 0) is 43.3 Å². The molecule has 0 radical (unpaired) electrons. The summed E-state index contributed by atoms with van der Waals surface area (Å²) in [7, 11) is 0. The number of ether oxygens (including phenoxy) is 1. The van der Waals surface area contributed by atoms with Crippen LogP contribution in [0, 0.1) is 5.82 Å². The normalized spacial score (nSPS) is 11.3.